The first-order valence-corrected chi connectivity index (χ1v) is 4.87. The third kappa shape index (κ3) is 4.40. The third-order valence-corrected chi connectivity index (χ3v) is 1.92. The second-order valence-electron chi connectivity index (χ2n) is 3.17. The molecule has 1 N–H and O–H groups in total. The number of halogens is 1. The highest BCUT2D eigenvalue weighted by Crippen LogP contribution is 2.03. The fourth-order valence-electron chi connectivity index (χ4n) is 1.23. The number of hydrogen-bond donors (Lipinski definition) is 1. The fourth-order valence-corrected chi connectivity index (χ4v) is 1.23. The lowest BCUT2D eigenvalue weighted by Crippen LogP contribution is -2.23. The van der Waals surface area contributed by atoms with Crippen molar-refractivity contribution >= 4 is 5.91 Å². The Balaban J connectivity index is 2.35. The minimum Gasteiger partial charge on any atom is -0.352 e. The van der Waals surface area contributed by atoms with Gasteiger partial charge in [0.25, 0.3) is 0 Å². The van der Waals surface area contributed by atoms with Gasteiger partial charge in [0.15, 0.2) is 0 Å². The normalized spacial score (nSPS) is 10.5. The van der Waals surface area contributed by atoms with Crippen molar-refractivity contribution in [3.8, 4) is 0 Å². The van der Waals surface area contributed by atoms with Gasteiger partial charge in [0.05, 0.1) is 0 Å². The van der Waals surface area contributed by atoms with E-state index in [2.05, 4.69) is 5.32 Å². The van der Waals surface area contributed by atoms with E-state index in [1.54, 1.807) is 19.1 Å². The lowest BCUT2D eigenvalue weighted by Gasteiger charge is -2.02. The molecule has 0 radical (unpaired) electrons. The van der Waals surface area contributed by atoms with Crippen LogP contribution in [-0.4, -0.2) is 12.5 Å². The SMILES string of the molecule is CC=CC(=O)NCCc1cccc(F)c1. The second-order valence-corrected chi connectivity index (χ2v) is 3.17. The van der Waals surface area contributed by atoms with Crippen molar-refractivity contribution in [1.82, 2.24) is 5.32 Å². The van der Waals surface area contributed by atoms with E-state index in [1.165, 1.54) is 18.2 Å². The van der Waals surface area contributed by atoms with E-state index in [-0.39, 0.29) is 11.7 Å². The lowest BCUT2D eigenvalue weighted by atomic mass is 10.1. The molecule has 2 nitrogen and oxygen atoms in total. The molecule has 0 aliphatic heterocycles. The molecule has 0 heterocycles. The molecule has 1 amide bonds. The summed E-state index contributed by atoms with van der Waals surface area (Å²) in [5, 5.41) is 2.70. The van der Waals surface area contributed by atoms with Gasteiger partial charge in [-0.25, -0.2) is 4.39 Å². The Labute approximate surface area is 88.8 Å². The van der Waals surface area contributed by atoms with E-state index >= 15 is 0 Å². The van der Waals surface area contributed by atoms with Gasteiger partial charge in [-0.2, -0.15) is 0 Å². The molecular formula is C12H14FNO. The van der Waals surface area contributed by atoms with Crippen LogP contribution in [0.5, 0.6) is 0 Å². The van der Waals surface area contributed by atoms with Crippen LogP contribution < -0.4 is 5.32 Å². The number of hydrogen-bond acceptors (Lipinski definition) is 1. The Morgan fingerprint density at radius 1 is 1.53 bits per heavy atom. The van der Waals surface area contributed by atoms with Gasteiger partial charge in [0, 0.05) is 6.54 Å². The van der Waals surface area contributed by atoms with Crippen LogP contribution in [0.25, 0.3) is 0 Å². The van der Waals surface area contributed by atoms with Gasteiger partial charge in [0.1, 0.15) is 5.82 Å². The molecule has 15 heavy (non-hydrogen) atoms. The molecule has 0 saturated carbocycles. The molecule has 0 unspecified atom stereocenters. The molecule has 0 aliphatic carbocycles. The number of nitrogens with one attached hydrogen (secondary N) is 1. The first kappa shape index (κ1) is 11.4. The molecule has 0 aliphatic rings. The summed E-state index contributed by atoms with van der Waals surface area (Å²) < 4.78 is 12.8. The fraction of sp³-hybridized carbons (Fsp3) is 0.250. The van der Waals surface area contributed by atoms with E-state index in [4.69, 9.17) is 0 Å². The highest BCUT2D eigenvalue weighted by Gasteiger charge is 1.97. The van der Waals surface area contributed by atoms with Gasteiger partial charge in [-0.3, -0.25) is 4.79 Å². The lowest BCUT2D eigenvalue weighted by molar-refractivity contribution is -0.116. The molecular weight excluding hydrogens is 193 g/mol. The molecule has 80 valence electrons. The summed E-state index contributed by atoms with van der Waals surface area (Å²) in [6.45, 7) is 2.30. The highest BCUT2D eigenvalue weighted by atomic mass is 19.1. The Hall–Kier alpha value is -1.64. The Morgan fingerprint density at radius 3 is 3.00 bits per heavy atom. The van der Waals surface area contributed by atoms with E-state index in [1.807, 2.05) is 6.07 Å². The monoisotopic (exact) mass is 207 g/mol. The summed E-state index contributed by atoms with van der Waals surface area (Å²) >= 11 is 0. The van der Waals surface area contributed by atoms with Crippen LogP contribution >= 0.6 is 0 Å². The van der Waals surface area contributed by atoms with Crippen molar-refractivity contribution < 1.29 is 9.18 Å². The standard InChI is InChI=1S/C12H14FNO/c1-2-4-12(15)14-8-7-10-5-3-6-11(13)9-10/h2-6,9H,7-8H2,1H3,(H,14,15). The van der Waals surface area contributed by atoms with Gasteiger partial charge in [-0.1, -0.05) is 18.2 Å². The number of amides is 1. The van der Waals surface area contributed by atoms with Crippen LogP contribution in [0.1, 0.15) is 12.5 Å². The maximum absolute atomic E-state index is 12.8. The molecule has 0 atom stereocenters. The van der Waals surface area contributed by atoms with Crippen LogP contribution in [0.3, 0.4) is 0 Å². The first-order chi connectivity index (χ1) is 7.22. The second kappa shape index (κ2) is 5.96. The molecule has 0 aromatic heterocycles. The van der Waals surface area contributed by atoms with Gasteiger partial charge in [0.2, 0.25) is 5.91 Å². The smallest absolute Gasteiger partial charge is 0.243 e. The van der Waals surface area contributed by atoms with Crippen LogP contribution in [0.15, 0.2) is 36.4 Å². The summed E-state index contributed by atoms with van der Waals surface area (Å²) in [6, 6.07) is 6.38. The zero-order chi connectivity index (χ0) is 11.1. The summed E-state index contributed by atoms with van der Waals surface area (Å²) in [5.41, 5.74) is 0.885. The predicted molar refractivity (Wildman–Crippen MR) is 57.9 cm³/mol. The number of rotatable bonds is 4. The summed E-state index contributed by atoms with van der Waals surface area (Å²) in [7, 11) is 0. The minimum atomic E-state index is -0.243. The van der Waals surface area contributed by atoms with Gasteiger partial charge in [-0.05, 0) is 37.1 Å². The quantitative estimate of drug-likeness (QED) is 0.752. The van der Waals surface area contributed by atoms with Gasteiger partial charge < -0.3 is 5.32 Å². The van der Waals surface area contributed by atoms with Crippen molar-refractivity contribution in [2.24, 2.45) is 0 Å². The third-order valence-electron chi connectivity index (χ3n) is 1.92. The molecule has 1 rings (SSSR count). The van der Waals surface area contributed by atoms with Crippen molar-refractivity contribution in [1.29, 1.82) is 0 Å². The first-order valence-electron chi connectivity index (χ1n) is 4.87. The predicted octanol–water partition coefficient (Wildman–Crippen LogP) is 2.06. The summed E-state index contributed by atoms with van der Waals surface area (Å²) in [5.74, 6) is -0.360. The molecule has 0 bridgehead atoms. The molecule has 3 heteroatoms. The van der Waals surface area contributed by atoms with Crippen LogP contribution in [0.2, 0.25) is 0 Å². The van der Waals surface area contributed by atoms with E-state index in [0.29, 0.717) is 13.0 Å². The summed E-state index contributed by atoms with van der Waals surface area (Å²) in [4.78, 5) is 11.0. The number of benzene rings is 1. The maximum Gasteiger partial charge on any atom is 0.243 e. The Morgan fingerprint density at radius 2 is 2.33 bits per heavy atom. The van der Waals surface area contributed by atoms with Crippen LogP contribution in [0.4, 0.5) is 4.39 Å². The number of carbonyl (C=O) groups is 1. The van der Waals surface area contributed by atoms with E-state index in [0.717, 1.165) is 5.56 Å². The minimum absolute atomic E-state index is 0.117. The molecule has 0 saturated heterocycles. The van der Waals surface area contributed by atoms with Gasteiger partial charge >= 0.3 is 0 Å². The number of carbonyl (C=O) groups excluding carboxylic acids is 1. The zero-order valence-electron chi connectivity index (χ0n) is 8.66. The largest absolute Gasteiger partial charge is 0.352 e. The summed E-state index contributed by atoms with van der Waals surface area (Å²) in [6.07, 6.45) is 3.78. The van der Waals surface area contributed by atoms with Crippen LogP contribution in [0, 0.1) is 5.82 Å². The van der Waals surface area contributed by atoms with E-state index in [9.17, 15) is 9.18 Å². The number of allylic oxidation sites excluding steroid dienone is 1. The average molecular weight is 207 g/mol. The molecule has 0 fully saturated rings. The van der Waals surface area contributed by atoms with Crippen molar-refractivity contribution in [3.63, 3.8) is 0 Å². The van der Waals surface area contributed by atoms with Crippen molar-refractivity contribution in [3.05, 3.63) is 47.8 Å². The van der Waals surface area contributed by atoms with E-state index < -0.39 is 0 Å². The van der Waals surface area contributed by atoms with Gasteiger partial charge in [-0.15, -0.1) is 0 Å². The maximum atomic E-state index is 12.8. The van der Waals surface area contributed by atoms with Crippen molar-refractivity contribution in [2.45, 2.75) is 13.3 Å². The van der Waals surface area contributed by atoms with Crippen LogP contribution in [-0.2, 0) is 11.2 Å². The molecule has 1 aromatic carbocycles. The molecule has 1 aromatic rings. The molecule has 0 spiro atoms. The topological polar surface area (TPSA) is 29.1 Å². The van der Waals surface area contributed by atoms with Crippen molar-refractivity contribution in [2.75, 3.05) is 6.54 Å². The average Bonchev–Trinajstić information content (AvgIpc) is 2.18. The Bertz CT molecular complexity index is 360. The zero-order valence-corrected chi connectivity index (χ0v) is 8.66. The highest BCUT2D eigenvalue weighted by molar-refractivity contribution is 5.87. The Kier molecular flexibility index (Phi) is 4.54.